The monoisotopic (exact) mass is 300 g/mol. The van der Waals surface area contributed by atoms with Crippen molar-refractivity contribution in [1.29, 1.82) is 0 Å². The fourth-order valence-corrected chi connectivity index (χ4v) is 3.94. The van der Waals surface area contributed by atoms with Crippen LogP contribution in [0.25, 0.3) is 0 Å². The first-order chi connectivity index (χ1) is 10.8. The Labute approximate surface area is 134 Å². The van der Waals surface area contributed by atoms with Crippen LogP contribution in [0.2, 0.25) is 0 Å². The van der Waals surface area contributed by atoms with E-state index >= 15 is 0 Å². The summed E-state index contributed by atoms with van der Waals surface area (Å²) in [4.78, 5) is 15.1. The smallest absolute Gasteiger partial charge is 0.237 e. The first kappa shape index (κ1) is 15.5. The van der Waals surface area contributed by atoms with Gasteiger partial charge in [-0.25, -0.2) is 0 Å². The SMILES string of the molecule is CC[C@H](C(=O)NC1CCCCC1)N1CCc2ccccc2C1. The zero-order valence-corrected chi connectivity index (χ0v) is 13.7. The van der Waals surface area contributed by atoms with Crippen molar-refractivity contribution >= 4 is 5.91 Å². The summed E-state index contributed by atoms with van der Waals surface area (Å²) >= 11 is 0. The maximum absolute atomic E-state index is 12.7. The van der Waals surface area contributed by atoms with Crippen molar-refractivity contribution in [3.8, 4) is 0 Å². The van der Waals surface area contributed by atoms with E-state index in [-0.39, 0.29) is 11.9 Å². The van der Waals surface area contributed by atoms with Gasteiger partial charge in [-0.2, -0.15) is 0 Å². The van der Waals surface area contributed by atoms with Gasteiger partial charge in [-0.3, -0.25) is 9.69 Å². The van der Waals surface area contributed by atoms with Gasteiger partial charge in [0.15, 0.2) is 0 Å². The van der Waals surface area contributed by atoms with Gasteiger partial charge in [-0.15, -0.1) is 0 Å². The summed E-state index contributed by atoms with van der Waals surface area (Å²) < 4.78 is 0. The molecule has 22 heavy (non-hydrogen) atoms. The van der Waals surface area contributed by atoms with Crippen molar-refractivity contribution in [3.05, 3.63) is 35.4 Å². The van der Waals surface area contributed by atoms with Gasteiger partial charge in [0, 0.05) is 19.1 Å². The number of amides is 1. The van der Waals surface area contributed by atoms with Gasteiger partial charge < -0.3 is 5.32 Å². The van der Waals surface area contributed by atoms with Crippen molar-refractivity contribution < 1.29 is 4.79 Å². The van der Waals surface area contributed by atoms with Gasteiger partial charge in [-0.05, 0) is 36.8 Å². The van der Waals surface area contributed by atoms with Crippen LogP contribution in [-0.4, -0.2) is 29.4 Å². The highest BCUT2D eigenvalue weighted by Gasteiger charge is 2.28. The zero-order chi connectivity index (χ0) is 15.4. The molecule has 1 aromatic rings. The number of benzene rings is 1. The Kier molecular flexibility index (Phi) is 5.14. The molecule has 1 fully saturated rings. The lowest BCUT2D eigenvalue weighted by Crippen LogP contribution is -2.51. The van der Waals surface area contributed by atoms with E-state index < -0.39 is 0 Å². The fraction of sp³-hybridized carbons (Fsp3) is 0.632. The van der Waals surface area contributed by atoms with Gasteiger partial charge in [0.2, 0.25) is 5.91 Å². The molecule has 0 saturated heterocycles. The molecule has 1 N–H and O–H groups in total. The average Bonchev–Trinajstić information content (AvgIpc) is 2.56. The standard InChI is InChI=1S/C19H28N2O/c1-2-18(19(22)20-17-10-4-3-5-11-17)21-13-12-15-8-6-7-9-16(15)14-21/h6-9,17-18H,2-5,10-14H2,1H3,(H,20,22)/t18-/m1/s1. The Bertz CT molecular complexity index is 508. The molecule has 2 aliphatic rings. The first-order valence-electron chi connectivity index (χ1n) is 8.89. The molecule has 1 atom stereocenters. The minimum absolute atomic E-state index is 0.0234. The van der Waals surface area contributed by atoms with E-state index in [0.717, 1.165) is 38.8 Å². The molecule has 3 rings (SSSR count). The van der Waals surface area contributed by atoms with E-state index in [2.05, 4.69) is 41.4 Å². The molecular weight excluding hydrogens is 272 g/mol. The zero-order valence-electron chi connectivity index (χ0n) is 13.7. The van der Waals surface area contributed by atoms with E-state index in [1.807, 2.05) is 0 Å². The number of nitrogens with one attached hydrogen (secondary N) is 1. The molecule has 1 heterocycles. The van der Waals surface area contributed by atoms with Crippen molar-refractivity contribution in [2.45, 2.75) is 70.5 Å². The van der Waals surface area contributed by atoms with Crippen LogP contribution in [0.5, 0.6) is 0 Å². The molecule has 1 aromatic carbocycles. The van der Waals surface area contributed by atoms with Crippen LogP contribution in [0, 0.1) is 0 Å². The third kappa shape index (κ3) is 3.52. The molecular formula is C19H28N2O. The third-order valence-electron chi connectivity index (χ3n) is 5.24. The van der Waals surface area contributed by atoms with Crippen LogP contribution in [0.1, 0.15) is 56.6 Å². The molecule has 0 bridgehead atoms. The lowest BCUT2D eigenvalue weighted by molar-refractivity contribution is -0.128. The number of carbonyl (C=O) groups excluding carboxylic acids is 1. The Morgan fingerprint density at radius 1 is 1.23 bits per heavy atom. The molecule has 1 saturated carbocycles. The minimum atomic E-state index is 0.0234. The highest BCUT2D eigenvalue weighted by atomic mass is 16.2. The maximum Gasteiger partial charge on any atom is 0.237 e. The second-order valence-corrected chi connectivity index (χ2v) is 6.76. The Morgan fingerprint density at radius 2 is 1.95 bits per heavy atom. The van der Waals surface area contributed by atoms with Crippen molar-refractivity contribution in [1.82, 2.24) is 10.2 Å². The highest BCUT2D eigenvalue weighted by molar-refractivity contribution is 5.82. The van der Waals surface area contributed by atoms with Gasteiger partial charge in [0.05, 0.1) is 6.04 Å². The van der Waals surface area contributed by atoms with Gasteiger partial charge in [0.25, 0.3) is 0 Å². The Morgan fingerprint density at radius 3 is 2.68 bits per heavy atom. The van der Waals surface area contributed by atoms with Crippen LogP contribution < -0.4 is 5.32 Å². The summed E-state index contributed by atoms with van der Waals surface area (Å²) in [6.45, 7) is 4.03. The maximum atomic E-state index is 12.7. The quantitative estimate of drug-likeness (QED) is 0.925. The predicted molar refractivity (Wildman–Crippen MR) is 89.7 cm³/mol. The number of carbonyl (C=O) groups is 1. The molecule has 0 unspecified atom stereocenters. The van der Waals surface area contributed by atoms with E-state index in [1.54, 1.807) is 0 Å². The summed E-state index contributed by atoms with van der Waals surface area (Å²) in [5.74, 6) is 0.244. The van der Waals surface area contributed by atoms with E-state index in [0.29, 0.717) is 6.04 Å². The molecule has 0 spiro atoms. The number of rotatable bonds is 4. The molecule has 1 amide bonds. The average molecular weight is 300 g/mol. The molecule has 120 valence electrons. The third-order valence-corrected chi connectivity index (χ3v) is 5.24. The molecule has 3 heteroatoms. The largest absolute Gasteiger partial charge is 0.352 e. The van der Waals surface area contributed by atoms with Crippen molar-refractivity contribution in [2.24, 2.45) is 0 Å². The molecule has 1 aliphatic carbocycles. The molecule has 3 nitrogen and oxygen atoms in total. The summed E-state index contributed by atoms with van der Waals surface area (Å²) in [5, 5.41) is 3.31. The molecule has 0 aromatic heterocycles. The Balaban J connectivity index is 1.62. The van der Waals surface area contributed by atoms with Crippen LogP contribution in [0.15, 0.2) is 24.3 Å². The van der Waals surface area contributed by atoms with Crippen LogP contribution in [-0.2, 0) is 17.8 Å². The van der Waals surface area contributed by atoms with E-state index in [1.165, 1.54) is 30.4 Å². The fourth-order valence-electron chi connectivity index (χ4n) is 3.94. The lowest BCUT2D eigenvalue weighted by atomic mass is 9.94. The normalized spacial score (nSPS) is 21.1. The van der Waals surface area contributed by atoms with Crippen LogP contribution in [0.3, 0.4) is 0 Å². The molecule has 1 aliphatic heterocycles. The summed E-state index contributed by atoms with van der Waals surface area (Å²) in [5.41, 5.74) is 2.83. The molecule has 0 radical (unpaired) electrons. The second-order valence-electron chi connectivity index (χ2n) is 6.76. The highest BCUT2D eigenvalue weighted by Crippen LogP contribution is 2.22. The number of hydrogen-bond donors (Lipinski definition) is 1. The van der Waals surface area contributed by atoms with Crippen LogP contribution in [0.4, 0.5) is 0 Å². The van der Waals surface area contributed by atoms with Gasteiger partial charge >= 0.3 is 0 Å². The number of hydrogen-bond acceptors (Lipinski definition) is 2. The Hall–Kier alpha value is -1.35. The first-order valence-corrected chi connectivity index (χ1v) is 8.89. The van der Waals surface area contributed by atoms with E-state index in [4.69, 9.17) is 0 Å². The van der Waals surface area contributed by atoms with Crippen LogP contribution >= 0.6 is 0 Å². The topological polar surface area (TPSA) is 32.3 Å². The van der Waals surface area contributed by atoms with Gasteiger partial charge in [-0.1, -0.05) is 50.5 Å². The lowest BCUT2D eigenvalue weighted by Gasteiger charge is -2.35. The van der Waals surface area contributed by atoms with Crippen molar-refractivity contribution in [3.63, 3.8) is 0 Å². The summed E-state index contributed by atoms with van der Waals surface area (Å²) in [7, 11) is 0. The van der Waals surface area contributed by atoms with E-state index in [9.17, 15) is 4.79 Å². The number of fused-ring (bicyclic) bond motifs is 1. The second kappa shape index (κ2) is 7.28. The minimum Gasteiger partial charge on any atom is -0.352 e. The van der Waals surface area contributed by atoms with Gasteiger partial charge in [0.1, 0.15) is 0 Å². The summed E-state index contributed by atoms with van der Waals surface area (Å²) in [6.07, 6.45) is 8.12. The van der Waals surface area contributed by atoms with Crippen molar-refractivity contribution in [2.75, 3.05) is 6.54 Å². The summed E-state index contributed by atoms with van der Waals surface area (Å²) in [6, 6.07) is 9.07. The predicted octanol–water partition coefficient (Wildman–Crippen LogP) is 3.27. The number of nitrogens with zero attached hydrogens (tertiary/aromatic N) is 1.